The Morgan fingerprint density at radius 3 is 2.65 bits per heavy atom. The number of hydrogen-bond acceptors (Lipinski definition) is 4. The van der Waals surface area contributed by atoms with Gasteiger partial charge >= 0.3 is 0 Å². The summed E-state index contributed by atoms with van der Waals surface area (Å²) in [5, 5.41) is 0. The van der Waals surface area contributed by atoms with Crippen molar-refractivity contribution in [1.29, 1.82) is 0 Å². The molecule has 4 heteroatoms. The molecule has 0 aromatic heterocycles. The van der Waals surface area contributed by atoms with Gasteiger partial charge in [-0.1, -0.05) is 18.2 Å². The van der Waals surface area contributed by atoms with Gasteiger partial charge in [0.2, 0.25) is 0 Å². The Hall–Kier alpha value is -1.10. The van der Waals surface area contributed by atoms with Crippen molar-refractivity contribution in [1.82, 2.24) is 9.80 Å². The zero-order valence-electron chi connectivity index (χ0n) is 16.5. The van der Waals surface area contributed by atoms with E-state index in [9.17, 15) is 0 Å². The van der Waals surface area contributed by atoms with Crippen molar-refractivity contribution in [3.8, 4) is 5.75 Å². The van der Waals surface area contributed by atoms with E-state index in [1.54, 1.807) is 0 Å². The second-order valence-electron chi connectivity index (χ2n) is 9.00. The lowest BCUT2D eigenvalue weighted by atomic mass is 9.78. The Morgan fingerprint density at radius 1 is 1.12 bits per heavy atom. The van der Waals surface area contributed by atoms with Crippen LogP contribution in [-0.2, 0) is 11.3 Å². The van der Waals surface area contributed by atoms with Crippen LogP contribution in [0.1, 0.15) is 37.7 Å². The van der Waals surface area contributed by atoms with Crippen LogP contribution in [0, 0.1) is 11.8 Å². The maximum Gasteiger partial charge on any atom is 0.124 e. The maximum atomic E-state index is 6.75. The molecular formula is C22H34N2O2. The fraction of sp³-hybridized carbons (Fsp3) is 0.727. The minimum atomic E-state index is -0.00508. The molecule has 0 unspecified atom stereocenters. The lowest BCUT2D eigenvalue weighted by Gasteiger charge is -2.42. The lowest BCUT2D eigenvalue weighted by molar-refractivity contribution is -0.0128. The van der Waals surface area contributed by atoms with Crippen LogP contribution in [0.3, 0.4) is 0 Å². The van der Waals surface area contributed by atoms with Crippen molar-refractivity contribution in [3.63, 3.8) is 0 Å². The Labute approximate surface area is 158 Å². The number of benzene rings is 1. The average Bonchev–Trinajstić information content (AvgIpc) is 3.06. The van der Waals surface area contributed by atoms with Gasteiger partial charge in [0, 0.05) is 38.3 Å². The molecule has 26 heavy (non-hydrogen) atoms. The topological polar surface area (TPSA) is 24.9 Å². The third kappa shape index (κ3) is 4.24. The van der Waals surface area contributed by atoms with E-state index < -0.39 is 0 Å². The minimum absolute atomic E-state index is 0.00508. The molecule has 2 aliphatic heterocycles. The lowest BCUT2D eigenvalue weighted by Crippen LogP contribution is -2.49. The number of nitrogens with zero attached hydrogens (tertiary/aromatic N) is 2. The highest BCUT2D eigenvalue weighted by atomic mass is 16.5. The number of ether oxygens (including phenoxy) is 2. The summed E-state index contributed by atoms with van der Waals surface area (Å²) in [6.45, 7) is 6.28. The number of fused-ring (bicyclic) bond motifs is 1. The highest BCUT2D eigenvalue weighted by Crippen LogP contribution is 2.40. The second kappa shape index (κ2) is 7.87. The predicted molar refractivity (Wildman–Crippen MR) is 105 cm³/mol. The fourth-order valence-electron chi connectivity index (χ4n) is 5.09. The molecular weight excluding hydrogens is 324 g/mol. The molecule has 1 aliphatic carbocycles. The Morgan fingerprint density at radius 2 is 1.92 bits per heavy atom. The van der Waals surface area contributed by atoms with E-state index in [1.807, 2.05) is 0 Å². The second-order valence-corrected chi connectivity index (χ2v) is 9.00. The number of para-hydroxylation sites is 1. The molecule has 1 saturated carbocycles. The number of hydrogen-bond donors (Lipinski definition) is 0. The SMILES string of the molecule is CN(C)CC1CCC2(CC1)CN(C[C@@H]1CCOC1)Cc1ccccc1O2. The van der Waals surface area contributed by atoms with E-state index in [-0.39, 0.29) is 5.60 Å². The molecule has 1 aromatic rings. The summed E-state index contributed by atoms with van der Waals surface area (Å²) in [6, 6.07) is 8.67. The molecule has 144 valence electrons. The first-order valence-corrected chi connectivity index (χ1v) is 10.3. The van der Waals surface area contributed by atoms with Crippen LogP contribution in [-0.4, -0.2) is 62.3 Å². The molecule has 3 aliphatic rings. The fourth-order valence-corrected chi connectivity index (χ4v) is 5.09. The van der Waals surface area contributed by atoms with Crippen LogP contribution in [0.15, 0.2) is 24.3 Å². The first-order chi connectivity index (χ1) is 12.6. The van der Waals surface area contributed by atoms with Crippen LogP contribution in [0.25, 0.3) is 0 Å². The average molecular weight is 359 g/mol. The molecule has 0 bridgehead atoms. The summed E-state index contributed by atoms with van der Waals surface area (Å²) in [5.74, 6) is 2.61. The Balaban J connectivity index is 1.50. The van der Waals surface area contributed by atoms with E-state index in [1.165, 1.54) is 44.2 Å². The Kier molecular flexibility index (Phi) is 5.53. The van der Waals surface area contributed by atoms with Gasteiger partial charge in [-0.15, -0.1) is 0 Å². The van der Waals surface area contributed by atoms with Gasteiger partial charge in [0.1, 0.15) is 11.4 Å². The van der Waals surface area contributed by atoms with E-state index in [2.05, 4.69) is 48.2 Å². The molecule has 0 amide bonds. The molecule has 1 spiro atoms. The third-order valence-corrected chi connectivity index (χ3v) is 6.38. The zero-order valence-corrected chi connectivity index (χ0v) is 16.5. The summed E-state index contributed by atoms with van der Waals surface area (Å²) in [5.41, 5.74) is 1.34. The molecule has 2 fully saturated rings. The van der Waals surface area contributed by atoms with E-state index in [4.69, 9.17) is 9.47 Å². The molecule has 4 rings (SSSR count). The van der Waals surface area contributed by atoms with Crippen molar-refractivity contribution < 1.29 is 9.47 Å². The monoisotopic (exact) mass is 358 g/mol. The molecule has 2 heterocycles. The molecule has 0 N–H and O–H groups in total. The highest BCUT2D eigenvalue weighted by molar-refractivity contribution is 5.35. The van der Waals surface area contributed by atoms with Crippen molar-refractivity contribution in [2.45, 2.75) is 44.2 Å². The van der Waals surface area contributed by atoms with Gasteiger partial charge in [0.15, 0.2) is 0 Å². The molecule has 1 saturated heterocycles. The zero-order chi connectivity index (χ0) is 18.0. The quantitative estimate of drug-likeness (QED) is 0.823. The summed E-state index contributed by atoms with van der Waals surface area (Å²) in [4.78, 5) is 4.98. The van der Waals surface area contributed by atoms with Crippen LogP contribution in [0.5, 0.6) is 5.75 Å². The van der Waals surface area contributed by atoms with Crippen LogP contribution < -0.4 is 4.74 Å². The summed E-state index contributed by atoms with van der Waals surface area (Å²) >= 11 is 0. The van der Waals surface area contributed by atoms with Crippen LogP contribution >= 0.6 is 0 Å². The summed E-state index contributed by atoms with van der Waals surface area (Å²) in [6.07, 6.45) is 6.12. The molecule has 1 atom stereocenters. The Bertz CT molecular complexity index is 590. The number of rotatable bonds is 4. The largest absolute Gasteiger partial charge is 0.486 e. The van der Waals surface area contributed by atoms with Gasteiger partial charge in [-0.3, -0.25) is 4.90 Å². The summed E-state index contributed by atoms with van der Waals surface area (Å²) < 4.78 is 12.4. The first-order valence-electron chi connectivity index (χ1n) is 10.3. The smallest absolute Gasteiger partial charge is 0.124 e. The van der Waals surface area contributed by atoms with E-state index in [0.717, 1.165) is 44.5 Å². The standard InChI is InChI=1S/C22H34N2O2/c1-23(2)13-18-7-10-22(11-8-18)17-24(14-19-9-12-25-16-19)15-20-5-3-4-6-21(20)26-22/h3-6,18-19H,7-17H2,1-2H3/t18?,19-,22?/m0/s1. The molecule has 0 radical (unpaired) electrons. The van der Waals surface area contributed by atoms with Crippen LogP contribution in [0.2, 0.25) is 0 Å². The van der Waals surface area contributed by atoms with E-state index in [0.29, 0.717) is 5.92 Å². The molecule has 1 aromatic carbocycles. The van der Waals surface area contributed by atoms with Gasteiger partial charge in [0.25, 0.3) is 0 Å². The van der Waals surface area contributed by atoms with Crippen molar-refractivity contribution >= 4 is 0 Å². The summed E-state index contributed by atoms with van der Waals surface area (Å²) in [7, 11) is 4.38. The highest BCUT2D eigenvalue weighted by Gasteiger charge is 2.41. The third-order valence-electron chi connectivity index (χ3n) is 6.38. The first kappa shape index (κ1) is 18.3. The van der Waals surface area contributed by atoms with Crippen molar-refractivity contribution in [3.05, 3.63) is 29.8 Å². The van der Waals surface area contributed by atoms with Gasteiger partial charge in [-0.2, -0.15) is 0 Å². The van der Waals surface area contributed by atoms with Gasteiger partial charge in [-0.05, 0) is 64.1 Å². The predicted octanol–water partition coefficient (Wildman–Crippen LogP) is 3.41. The minimum Gasteiger partial charge on any atom is -0.486 e. The van der Waals surface area contributed by atoms with Gasteiger partial charge in [-0.25, -0.2) is 0 Å². The van der Waals surface area contributed by atoms with Gasteiger partial charge in [0.05, 0.1) is 6.61 Å². The van der Waals surface area contributed by atoms with Crippen molar-refractivity contribution in [2.24, 2.45) is 11.8 Å². The normalized spacial score (nSPS) is 32.4. The maximum absolute atomic E-state index is 6.75. The van der Waals surface area contributed by atoms with Crippen LogP contribution in [0.4, 0.5) is 0 Å². The van der Waals surface area contributed by atoms with Crippen molar-refractivity contribution in [2.75, 3.05) is 46.9 Å². The van der Waals surface area contributed by atoms with E-state index >= 15 is 0 Å². The van der Waals surface area contributed by atoms with Gasteiger partial charge < -0.3 is 14.4 Å². The molecule has 4 nitrogen and oxygen atoms in total.